The average Bonchev–Trinajstić information content (AvgIpc) is 3.01. The number of hydrogen-bond acceptors (Lipinski definition) is 3. The average molecular weight is 303 g/mol. The quantitative estimate of drug-likeness (QED) is 0.746. The number of nitrogens with one attached hydrogen (secondary N) is 2. The maximum absolute atomic E-state index is 12.1. The van der Waals surface area contributed by atoms with Crippen LogP contribution in [0.2, 0.25) is 0 Å². The van der Waals surface area contributed by atoms with Crippen LogP contribution in [0.15, 0.2) is 30.3 Å². The molecule has 22 heavy (non-hydrogen) atoms. The van der Waals surface area contributed by atoms with Gasteiger partial charge in [-0.2, -0.15) is 0 Å². The number of hydrogen-bond donors (Lipinski definition) is 2. The number of rotatable bonds is 7. The number of carbonyl (C=O) groups excluding carboxylic acids is 2. The number of nitrogens with zero attached hydrogens (tertiary/aromatic N) is 1. The third-order valence-electron chi connectivity index (χ3n) is 4.02. The van der Waals surface area contributed by atoms with Gasteiger partial charge in [0, 0.05) is 31.6 Å². The lowest BCUT2D eigenvalue weighted by Crippen LogP contribution is -2.31. The summed E-state index contributed by atoms with van der Waals surface area (Å²) in [7, 11) is 1.94. The van der Waals surface area contributed by atoms with Crippen molar-refractivity contribution in [3.63, 3.8) is 0 Å². The molecule has 2 rings (SSSR count). The van der Waals surface area contributed by atoms with Gasteiger partial charge in [0.15, 0.2) is 0 Å². The smallest absolute Gasteiger partial charge is 0.251 e. The van der Waals surface area contributed by atoms with Crippen molar-refractivity contribution < 1.29 is 9.59 Å². The number of benzene rings is 1. The highest BCUT2D eigenvalue weighted by Gasteiger charge is 2.25. The van der Waals surface area contributed by atoms with E-state index in [1.54, 1.807) is 12.1 Å². The minimum atomic E-state index is -0.0803. The van der Waals surface area contributed by atoms with Crippen molar-refractivity contribution in [2.45, 2.75) is 19.3 Å². The number of amides is 2. The molecular formula is C17H25N3O2. The van der Waals surface area contributed by atoms with Gasteiger partial charge in [-0.3, -0.25) is 9.59 Å². The molecule has 5 heteroatoms. The fourth-order valence-electron chi connectivity index (χ4n) is 2.81. The normalized spacial score (nSPS) is 17.5. The third-order valence-corrected chi connectivity index (χ3v) is 4.02. The van der Waals surface area contributed by atoms with Gasteiger partial charge in [0.05, 0.1) is 0 Å². The minimum Gasteiger partial charge on any atom is -0.352 e. The predicted octanol–water partition coefficient (Wildman–Crippen LogP) is 1.26. The Morgan fingerprint density at radius 3 is 2.77 bits per heavy atom. The second-order valence-electron chi connectivity index (χ2n) is 5.78. The van der Waals surface area contributed by atoms with Crippen LogP contribution >= 0.6 is 0 Å². The second kappa shape index (κ2) is 8.54. The zero-order valence-electron chi connectivity index (χ0n) is 13.2. The van der Waals surface area contributed by atoms with Gasteiger partial charge in [0.2, 0.25) is 5.91 Å². The van der Waals surface area contributed by atoms with Crippen LogP contribution in [0.3, 0.4) is 0 Å². The maximum Gasteiger partial charge on any atom is 0.251 e. The first kappa shape index (κ1) is 16.5. The molecule has 0 spiro atoms. The topological polar surface area (TPSA) is 61.4 Å². The Hall–Kier alpha value is -1.88. The summed E-state index contributed by atoms with van der Waals surface area (Å²) in [4.78, 5) is 25.9. The van der Waals surface area contributed by atoms with E-state index in [1.807, 2.05) is 30.1 Å². The van der Waals surface area contributed by atoms with E-state index < -0.39 is 0 Å². The van der Waals surface area contributed by atoms with E-state index in [0.717, 1.165) is 26.1 Å². The fourth-order valence-corrected chi connectivity index (χ4v) is 2.81. The molecule has 1 aliphatic heterocycles. The molecule has 1 atom stereocenters. The molecule has 0 saturated carbocycles. The molecule has 1 heterocycles. The third kappa shape index (κ3) is 4.84. The Morgan fingerprint density at radius 1 is 1.27 bits per heavy atom. The molecule has 1 aliphatic rings. The Balaban J connectivity index is 1.62. The summed E-state index contributed by atoms with van der Waals surface area (Å²) in [5, 5.41) is 6.02. The summed E-state index contributed by atoms with van der Waals surface area (Å²) in [6.45, 7) is 3.22. The summed E-state index contributed by atoms with van der Waals surface area (Å²) in [6.07, 6.45) is 2.27. The minimum absolute atomic E-state index is 0.0803. The molecule has 0 aromatic heterocycles. The van der Waals surface area contributed by atoms with Crippen molar-refractivity contribution in [3.05, 3.63) is 35.9 Å². The lowest BCUT2D eigenvalue weighted by Gasteiger charge is -2.16. The maximum atomic E-state index is 12.1. The van der Waals surface area contributed by atoms with Crippen LogP contribution in [0.5, 0.6) is 0 Å². The summed E-state index contributed by atoms with van der Waals surface area (Å²) in [5.41, 5.74) is 0.656. The Morgan fingerprint density at radius 2 is 2.05 bits per heavy atom. The molecule has 2 amide bonds. The van der Waals surface area contributed by atoms with Crippen LogP contribution in [0, 0.1) is 5.92 Å². The molecule has 1 saturated heterocycles. The fraction of sp³-hybridized carbons (Fsp3) is 0.529. The number of carbonyl (C=O) groups is 2. The van der Waals surface area contributed by atoms with Gasteiger partial charge in [-0.15, -0.1) is 0 Å². The van der Waals surface area contributed by atoms with Crippen LogP contribution in [0.25, 0.3) is 0 Å². The summed E-state index contributed by atoms with van der Waals surface area (Å²) in [5.74, 6) is 0.697. The first-order chi connectivity index (χ1) is 10.7. The van der Waals surface area contributed by atoms with Gasteiger partial charge >= 0.3 is 0 Å². The van der Waals surface area contributed by atoms with Gasteiger partial charge in [-0.05, 0) is 44.5 Å². The Labute approximate surface area is 132 Å². The van der Waals surface area contributed by atoms with E-state index in [2.05, 4.69) is 10.6 Å². The highest BCUT2D eigenvalue weighted by atomic mass is 16.2. The first-order valence-electron chi connectivity index (χ1n) is 7.96. The second-order valence-corrected chi connectivity index (χ2v) is 5.78. The van der Waals surface area contributed by atoms with Crippen molar-refractivity contribution in [1.82, 2.24) is 15.5 Å². The molecule has 1 aromatic rings. The molecule has 1 fully saturated rings. The summed E-state index contributed by atoms with van der Waals surface area (Å²) >= 11 is 0. The van der Waals surface area contributed by atoms with E-state index in [1.165, 1.54) is 0 Å². The Bertz CT molecular complexity index is 490. The largest absolute Gasteiger partial charge is 0.352 e. The van der Waals surface area contributed by atoms with E-state index in [-0.39, 0.29) is 11.8 Å². The van der Waals surface area contributed by atoms with Crippen molar-refractivity contribution in [1.29, 1.82) is 0 Å². The Kier molecular flexibility index (Phi) is 6.40. The van der Waals surface area contributed by atoms with E-state index in [4.69, 9.17) is 0 Å². The molecule has 0 radical (unpaired) electrons. The molecule has 5 nitrogen and oxygen atoms in total. The summed E-state index contributed by atoms with van der Waals surface area (Å²) < 4.78 is 0. The molecule has 1 aromatic carbocycles. The van der Waals surface area contributed by atoms with Crippen LogP contribution in [0.1, 0.15) is 29.6 Å². The van der Waals surface area contributed by atoms with Crippen molar-refractivity contribution in [3.8, 4) is 0 Å². The summed E-state index contributed by atoms with van der Waals surface area (Å²) in [6, 6.07) is 9.13. The van der Waals surface area contributed by atoms with Crippen molar-refractivity contribution in [2.75, 3.05) is 33.2 Å². The lowest BCUT2D eigenvalue weighted by molar-refractivity contribution is -0.130. The monoisotopic (exact) mass is 303 g/mol. The van der Waals surface area contributed by atoms with Crippen LogP contribution in [-0.4, -0.2) is 49.9 Å². The van der Waals surface area contributed by atoms with Crippen LogP contribution in [-0.2, 0) is 4.79 Å². The van der Waals surface area contributed by atoms with Gasteiger partial charge in [-0.25, -0.2) is 0 Å². The highest BCUT2D eigenvalue weighted by molar-refractivity contribution is 5.94. The first-order valence-corrected chi connectivity index (χ1v) is 7.96. The molecule has 0 bridgehead atoms. The standard InChI is InChI=1S/C17H25N3O2/c1-18-12-14-9-11-20(13-14)16(21)8-5-10-19-17(22)15-6-3-2-4-7-15/h2-4,6-7,14,18H,5,8-13H2,1H3,(H,19,22). The van der Waals surface area contributed by atoms with E-state index >= 15 is 0 Å². The van der Waals surface area contributed by atoms with Crippen molar-refractivity contribution in [2.24, 2.45) is 5.92 Å². The molecular weight excluding hydrogens is 278 g/mol. The number of likely N-dealkylation sites (tertiary alicyclic amines) is 1. The van der Waals surface area contributed by atoms with Crippen LogP contribution in [0.4, 0.5) is 0 Å². The lowest BCUT2D eigenvalue weighted by atomic mass is 10.1. The SMILES string of the molecule is CNCC1CCN(C(=O)CCCNC(=O)c2ccccc2)C1. The van der Waals surface area contributed by atoms with E-state index in [9.17, 15) is 9.59 Å². The van der Waals surface area contributed by atoms with Gasteiger partial charge < -0.3 is 15.5 Å². The molecule has 2 N–H and O–H groups in total. The molecule has 0 aliphatic carbocycles. The van der Waals surface area contributed by atoms with E-state index in [0.29, 0.717) is 30.9 Å². The predicted molar refractivity (Wildman–Crippen MR) is 86.6 cm³/mol. The molecule has 1 unspecified atom stereocenters. The zero-order chi connectivity index (χ0) is 15.8. The van der Waals surface area contributed by atoms with Gasteiger partial charge in [-0.1, -0.05) is 18.2 Å². The zero-order valence-corrected chi connectivity index (χ0v) is 13.2. The van der Waals surface area contributed by atoms with Crippen LogP contribution < -0.4 is 10.6 Å². The van der Waals surface area contributed by atoms with Gasteiger partial charge in [0.1, 0.15) is 0 Å². The molecule has 120 valence electrons. The highest BCUT2D eigenvalue weighted by Crippen LogP contribution is 2.16. The van der Waals surface area contributed by atoms with Crippen molar-refractivity contribution >= 4 is 11.8 Å². The van der Waals surface area contributed by atoms with Gasteiger partial charge in [0.25, 0.3) is 5.91 Å².